The Morgan fingerprint density at radius 1 is 1.15 bits per heavy atom. The molecule has 0 atom stereocenters. The van der Waals surface area contributed by atoms with E-state index in [4.69, 9.17) is 0 Å². The summed E-state index contributed by atoms with van der Waals surface area (Å²) in [4.78, 5) is 4.26. The molecule has 146 valence electrons. The summed E-state index contributed by atoms with van der Waals surface area (Å²) in [5, 5.41) is 19.5. The molecule has 3 rings (SSSR count). The molecule has 0 aliphatic heterocycles. The molecule has 0 radical (unpaired) electrons. The van der Waals surface area contributed by atoms with Gasteiger partial charge in [-0.25, -0.2) is 0 Å². The van der Waals surface area contributed by atoms with Gasteiger partial charge in [-0.05, 0) is 38.5 Å². The minimum Gasteiger partial charge on any atom is -0.356 e. The van der Waals surface area contributed by atoms with Gasteiger partial charge in [-0.15, -0.1) is 34.2 Å². The van der Waals surface area contributed by atoms with Gasteiger partial charge >= 0.3 is 0 Å². The summed E-state index contributed by atoms with van der Waals surface area (Å²) in [6.07, 6.45) is 3.74. The Morgan fingerprint density at radius 2 is 1.96 bits per heavy atom. The van der Waals surface area contributed by atoms with Gasteiger partial charge in [0.15, 0.2) is 11.6 Å². The predicted octanol–water partition coefficient (Wildman–Crippen LogP) is 1.96. The van der Waals surface area contributed by atoms with E-state index in [0.29, 0.717) is 0 Å². The van der Waals surface area contributed by atoms with E-state index in [9.17, 15) is 0 Å². The van der Waals surface area contributed by atoms with E-state index in [1.54, 1.807) is 7.05 Å². The summed E-state index contributed by atoms with van der Waals surface area (Å²) < 4.78 is 4.05. The van der Waals surface area contributed by atoms with Crippen LogP contribution in [-0.2, 0) is 13.0 Å². The Morgan fingerprint density at radius 3 is 2.70 bits per heavy atom. The minimum absolute atomic E-state index is 0. The average molecular weight is 482 g/mol. The number of fused-ring (bicyclic) bond motifs is 1. The molecule has 9 heteroatoms. The number of nitrogens with one attached hydrogen (secondary N) is 2. The first-order valence-electron chi connectivity index (χ1n) is 8.91. The van der Waals surface area contributed by atoms with Gasteiger partial charge in [-0.1, -0.05) is 6.07 Å². The zero-order valence-electron chi connectivity index (χ0n) is 16.0. The topological polar surface area (TPSA) is 84.4 Å². The first kappa shape index (κ1) is 21.1. The van der Waals surface area contributed by atoms with Crippen LogP contribution >= 0.6 is 24.0 Å². The fourth-order valence-corrected chi connectivity index (χ4v) is 2.91. The van der Waals surface area contributed by atoms with Gasteiger partial charge < -0.3 is 10.6 Å². The summed E-state index contributed by atoms with van der Waals surface area (Å²) in [5.74, 6) is 1.74. The Hall–Kier alpha value is -2.17. The van der Waals surface area contributed by atoms with Crippen LogP contribution in [0.1, 0.15) is 23.6 Å². The lowest BCUT2D eigenvalue weighted by Crippen LogP contribution is -2.39. The van der Waals surface area contributed by atoms with Gasteiger partial charge in [0.1, 0.15) is 5.82 Å². The fourth-order valence-electron chi connectivity index (χ4n) is 2.91. The third kappa shape index (κ3) is 5.65. The largest absolute Gasteiger partial charge is 0.356 e. The van der Waals surface area contributed by atoms with Crippen LogP contribution < -0.4 is 10.6 Å². The molecule has 0 aliphatic carbocycles. The van der Waals surface area contributed by atoms with Crippen molar-refractivity contribution in [3.63, 3.8) is 0 Å². The maximum absolute atomic E-state index is 4.48. The number of hydrogen-bond donors (Lipinski definition) is 2. The summed E-state index contributed by atoms with van der Waals surface area (Å²) in [7, 11) is 1.78. The second-order valence-corrected chi connectivity index (χ2v) is 6.22. The van der Waals surface area contributed by atoms with Gasteiger partial charge in [-0.2, -0.15) is 5.10 Å². The van der Waals surface area contributed by atoms with Gasteiger partial charge in [0, 0.05) is 45.0 Å². The summed E-state index contributed by atoms with van der Waals surface area (Å²) in [5.41, 5.74) is 3.13. The van der Waals surface area contributed by atoms with E-state index < -0.39 is 0 Å². The monoisotopic (exact) mass is 482 g/mol. The Kier molecular flexibility index (Phi) is 8.01. The fraction of sp³-hybridized carbons (Fsp3) is 0.444. The number of nitrogens with zero attached hydrogens (tertiary/aromatic N) is 6. The first-order valence-corrected chi connectivity index (χ1v) is 8.91. The highest BCUT2D eigenvalue weighted by Crippen LogP contribution is 2.03. The van der Waals surface area contributed by atoms with Crippen LogP contribution in [0.5, 0.6) is 0 Å². The number of rotatable bonds is 7. The standard InChI is InChI=1S/C18H26N8.HI/c1-14-13-15(2)26(24-14)12-6-9-20-18(19-3)21-10-8-17-23-22-16-7-4-5-11-25(16)17;/h4-5,7,11,13H,6,8-10,12H2,1-3H3,(H2,19,20,21);1H. The summed E-state index contributed by atoms with van der Waals surface area (Å²) in [6.45, 7) is 6.59. The molecule has 0 amide bonds. The molecule has 0 bridgehead atoms. The highest BCUT2D eigenvalue weighted by atomic mass is 127. The van der Waals surface area contributed by atoms with Crippen LogP contribution in [-0.4, -0.2) is 50.5 Å². The number of guanidine groups is 1. The van der Waals surface area contributed by atoms with Gasteiger partial charge in [0.2, 0.25) is 0 Å². The van der Waals surface area contributed by atoms with Crippen molar-refractivity contribution in [1.29, 1.82) is 0 Å². The smallest absolute Gasteiger partial charge is 0.190 e. The molecule has 2 N–H and O–H groups in total. The molecule has 0 saturated heterocycles. The quantitative estimate of drug-likeness (QED) is 0.233. The third-order valence-electron chi connectivity index (χ3n) is 4.19. The number of halogens is 1. The van der Waals surface area contributed by atoms with Gasteiger partial charge in [0.25, 0.3) is 0 Å². The second kappa shape index (κ2) is 10.2. The van der Waals surface area contributed by atoms with Crippen molar-refractivity contribution in [2.24, 2.45) is 4.99 Å². The van der Waals surface area contributed by atoms with Crippen LogP contribution in [0.3, 0.4) is 0 Å². The molecular weight excluding hydrogens is 455 g/mol. The lowest BCUT2D eigenvalue weighted by molar-refractivity contribution is 0.555. The summed E-state index contributed by atoms with van der Waals surface area (Å²) >= 11 is 0. The Labute approximate surface area is 176 Å². The maximum atomic E-state index is 4.48. The SMILES string of the molecule is CN=C(NCCCn1nc(C)cc1C)NCCc1nnc2ccccn12.I. The van der Waals surface area contributed by atoms with Crippen molar-refractivity contribution in [3.05, 3.63) is 47.7 Å². The highest BCUT2D eigenvalue weighted by Gasteiger charge is 2.05. The number of hydrogen-bond acceptors (Lipinski definition) is 4. The molecule has 27 heavy (non-hydrogen) atoms. The first-order chi connectivity index (χ1) is 12.7. The molecule has 3 aromatic heterocycles. The van der Waals surface area contributed by atoms with E-state index in [-0.39, 0.29) is 24.0 Å². The van der Waals surface area contributed by atoms with Crippen molar-refractivity contribution in [3.8, 4) is 0 Å². The molecule has 3 aromatic rings. The van der Waals surface area contributed by atoms with E-state index in [0.717, 1.165) is 55.6 Å². The van der Waals surface area contributed by atoms with Crippen molar-refractivity contribution in [2.75, 3.05) is 20.1 Å². The lowest BCUT2D eigenvalue weighted by Gasteiger charge is -2.12. The Balaban J connectivity index is 0.00000261. The van der Waals surface area contributed by atoms with Gasteiger partial charge in [0.05, 0.1) is 5.69 Å². The van der Waals surface area contributed by atoms with Crippen molar-refractivity contribution < 1.29 is 0 Å². The molecule has 0 aromatic carbocycles. The zero-order chi connectivity index (χ0) is 18.4. The van der Waals surface area contributed by atoms with Crippen molar-refractivity contribution in [2.45, 2.75) is 33.2 Å². The molecular formula is C18H27IN8. The molecule has 0 fully saturated rings. The van der Waals surface area contributed by atoms with E-state index in [1.165, 1.54) is 5.69 Å². The molecule has 0 spiro atoms. The number of aliphatic imine (C=N–C) groups is 1. The van der Waals surface area contributed by atoms with E-state index in [2.05, 4.69) is 43.9 Å². The maximum Gasteiger partial charge on any atom is 0.190 e. The van der Waals surface area contributed by atoms with Crippen LogP contribution in [0.25, 0.3) is 5.65 Å². The van der Waals surface area contributed by atoms with Crippen LogP contribution in [0.15, 0.2) is 35.5 Å². The van der Waals surface area contributed by atoms with Crippen LogP contribution in [0.4, 0.5) is 0 Å². The average Bonchev–Trinajstić information content (AvgIpc) is 3.19. The summed E-state index contributed by atoms with van der Waals surface area (Å²) in [6, 6.07) is 8.00. The number of aryl methyl sites for hydroxylation is 3. The van der Waals surface area contributed by atoms with Crippen LogP contribution in [0.2, 0.25) is 0 Å². The second-order valence-electron chi connectivity index (χ2n) is 6.22. The normalized spacial score (nSPS) is 11.4. The molecule has 0 unspecified atom stereocenters. The van der Waals surface area contributed by atoms with Crippen molar-refractivity contribution >= 4 is 35.6 Å². The Bertz CT molecular complexity index is 883. The molecule has 8 nitrogen and oxygen atoms in total. The highest BCUT2D eigenvalue weighted by molar-refractivity contribution is 14.0. The lowest BCUT2D eigenvalue weighted by atomic mass is 10.3. The van der Waals surface area contributed by atoms with E-state index >= 15 is 0 Å². The molecule has 0 aliphatic rings. The number of aromatic nitrogens is 5. The van der Waals surface area contributed by atoms with E-state index in [1.807, 2.05) is 40.4 Å². The van der Waals surface area contributed by atoms with Crippen molar-refractivity contribution in [1.82, 2.24) is 35.0 Å². The molecule has 0 saturated carbocycles. The third-order valence-corrected chi connectivity index (χ3v) is 4.19. The number of pyridine rings is 1. The van der Waals surface area contributed by atoms with Gasteiger partial charge in [-0.3, -0.25) is 14.1 Å². The zero-order valence-corrected chi connectivity index (χ0v) is 18.3. The minimum atomic E-state index is 0. The molecule has 3 heterocycles. The van der Waals surface area contributed by atoms with Crippen LogP contribution in [0, 0.1) is 13.8 Å². The predicted molar refractivity (Wildman–Crippen MR) is 118 cm³/mol.